The van der Waals surface area contributed by atoms with E-state index in [1.165, 1.54) is 6.20 Å². The maximum atomic E-state index is 12.8. The molecular weight excluding hydrogens is 341 g/mol. The number of alkyl halides is 3. The minimum absolute atomic E-state index is 0.111. The average molecular weight is 356 g/mol. The number of nitrogens with two attached hydrogens (primary N) is 1. The summed E-state index contributed by atoms with van der Waals surface area (Å²) in [5, 5.41) is 21.7. The first-order valence-electron chi connectivity index (χ1n) is 7.24. The van der Waals surface area contributed by atoms with Crippen molar-refractivity contribution in [1.82, 2.24) is 10.1 Å². The molecule has 0 unspecified atom stereocenters. The van der Waals surface area contributed by atoms with Gasteiger partial charge in [-0.25, -0.2) is 4.98 Å². The van der Waals surface area contributed by atoms with Crippen molar-refractivity contribution in [3.8, 4) is 11.9 Å². The Labute approximate surface area is 140 Å². The predicted molar refractivity (Wildman–Crippen MR) is 78.3 cm³/mol. The summed E-state index contributed by atoms with van der Waals surface area (Å²) in [5.41, 5.74) is 4.36. The summed E-state index contributed by atoms with van der Waals surface area (Å²) in [6.45, 7) is -0.336. The highest BCUT2D eigenvalue weighted by Crippen LogP contribution is 2.30. The molecule has 10 heteroatoms. The van der Waals surface area contributed by atoms with Crippen LogP contribution in [0.2, 0.25) is 0 Å². The number of nitrogens with zero attached hydrogens (tertiary/aromatic N) is 3. The van der Waals surface area contributed by atoms with E-state index in [2.05, 4.69) is 10.1 Å². The normalized spacial score (nSPS) is 13.9. The third-order valence-electron chi connectivity index (χ3n) is 3.27. The Morgan fingerprint density at radius 3 is 2.68 bits per heavy atom. The fourth-order valence-corrected chi connectivity index (χ4v) is 2.09. The predicted octanol–water partition coefficient (Wildman–Crippen LogP) is 1.66. The van der Waals surface area contributed by atoms with Crippen molar-refractivity contribution >= 4 is 0 Å². The number of hydrogen-bond donors (Lipinski definition) is 2. The van der Waals surface area contributed by atoms with Crippen LogP contribution in [0.1, 0.15) is 23.4 Å². The lowest BCUT2D eigenvalue weighted by atomic mass is 10.1. The van der Waals surface area contributed by atoms with E-state index in [0.29, 0.717) is 11.8 Å². The van der Waals surface area contributed by atoms with E-state index in [-0.39, 0.29) is 25.0 Å². The minimum Gasteiger partial charge on any atom is -0.473 e. The summed E-state index contributed by atoms with van der Waals surface area (Å²) >= 11 is 0. The highest BCUT2D eigenvalue weighted by molar-refractivity contribution is 5.39. The molecule has 0 saturated heterocycles. The van der Waals surface area contributed by atoms with Crippen LogP contribution in [-0.4, -0.2) is 34.0 Å². The molecule has 0 bridgehead atoms. The quantitative estimate of drug-likeness (QED) is 0.774. The molecule has 2 rings (SSSR count). The van der Waals surface area contributed by atoms with Gasteiger partial charge in [0.15, 0.2) is 0 Å². The van der Waals surface area contributed by atoms with Gasteiger partial charge in [0, 0.05) is 24.9 Å². The zero-order chi connectivity index (χ0) is 18.4. The molecule has 0 amide bonds. The van der Waals surface area contributed by atoms with Crippen molar-refractivity contribution in [2.75, 3.05) is 6.61 Å². The van der Waals surface area contributed by atoms with Gasteiger partial charge in [-0.15, -0.1) is 0 Å². The number of aliphatic hydroxyl groups is 1. The molecule has 2 aromatic heterocycles. The number of hydrogen-bond acceptors (Lipinski definition) is 7. The number of ether oxygens (including phenoxy) is 1. The Balaban J connectivity index is 2.28. The van der Waals surface area contributed by atoms with Crippen LogP contribution in [0.25, 0.3) is 0 Å². The lowest BCUT2D eigenvalue weighted by Crippen LogP contribution is -2.33. The van der Waals surface area contributed by atoms with Gasteiger partial charge < -0.3 is 20.1 Å². The van der Waals surface area contributed by atoms with E-state index < -0.39 is 29.9 Å². The van der Waals surface area contributed by atoms with Crippen LogP contribution in [0.5, 0.6) is 5.88 Å². The zero-order valence-corrected chi connectivity index (χ0v) is 12.9. The molecule has 0 aliphatic heterocycles. The number of aromatic nitrogens is 2. The molecule has 7 nitrogen and oxygen atoms in total. The van der Waals surface area contributed by atoms with Gasteiger partial charge >= 0.3 is 6.18 Å². The van der Waals surface area contributed by atoms with Gasteiger partial charge in [0.05, 0.1) is 12.8 Å². The summed E-state index contributed by atoms with van der Waals surface area (Å²) in [4.78, 5) is 3.40. The molecule has 134 valence electrons. The average Bonchev–Trinajstić information content (AvgIpc) is 3.06. The van der Waals surface area contributed by atoms with Crippen LogP contribution in [0, 0.1) is 11.3 Å². The monoisotopic (exact) mass is 356 g/mol. The second-order valence-corrected chi connectivity index (χ2v) is 5.26. The van der Waals surface area contributed by atoms with Gasteiger partial charge in [0.2, 0.25) is 5.88 Å². The van der Waals surface area contributed by atoms with Gasteiger partial charge in [-0.3, -0.25) is 0 Å². The van der Waals surface area contributed by atoms with Crippen LogP contribution in [0.3, 0.4) is 0 Å². The fourth-order valence-electron chi connectivity index (χ4n) is 2.09. The van der Waals surface area contributed by atoms with Gasteiger partial charge in [-0.2, -0.15) is 18.4 Å². The maximum Gasteiger partial charge on any atom is 0.433 e. The van der Waals surface area contributed by atoms with E-state index in [1.807, 2.05) is 0 Å². The molecule has 25 heavy (non-hydrogen) atoms. The van der Waals surface area contributed by atoms with Crippen molar-refractivity contribution in [2.45, 2.75) is 31.2 Å². The highest BCUT2D eigenvalue weighted by Gasteiger charge is 2.33. The summed E-state index contributed by atoms with van der Waals surface area (Å²) in [7, 11) is 0. The van der Waals surface area contributed by atoms with Gasteiger partial charge in [-0.1, -0.05) is 5.16 Å². The minimum atomic E-state index is -4.67. The molecule has 0 spiro atoms. The van der Waals surface area contributed by atoms with Crippen LogP contribution < -0.4 is 10.5 Å². The van der Waals surface area contributed by atoms with Crippen molar-refractivity contribution in [1.29, 1.82) is 5.26 Å². The first-order valence-corrected chi connectivity index (χ1v) is 7.24. The first kappa shape index (κ1) is 18.7. The molecule has 3 N–H and O–H groups in total. The topological polar surface area (TPSA) is 118 Å². The van der Waals surface area contributed by atoms with E-state index in [4.69, 9.17) is 25.4 Å². The Hall–Kier alpha value is -2.64. The van der Waals surface area contributed by atoms with Crippen LogP contribution in [-0.2, 0) is 12.6 Å². The van der Waals surface area contributed by atoms with Crippen LogP contribution in [0.4, 0.5) is 13.2 Å². The Morgan fingerprint density at radius 2 is 2.12 bits per heavy atom. The summed E-state index contributed by atoms with van der Waals surface area (Å²) < 4.78 is 49.0. The molecule has 0 aliphatic rings. The lowest BCUT2D eigenvalue weighted by Gasteiger charge is -2.21. The maximum absolute atomic E-state index is 12.8. The molecule has 0 saturated carbocycles. The summed E-state index contributed by atoms with van der Waals surface area (Å²) in [6, 6.07) is 4.33. The Kier molecular flexibility index (Phi) is 5.95. The second kappa shape index (κ2) is 7.96. The zero-order valence-electron chi connectivity index (χ0n) is 12.9. The Bertz CT molecular complexity index is 729. The summed E-state index contributed by atoms with van der Waals surface area (Å²) in [6.07, 6.45) is -3.79. The molecular formula is C15H15F3N4O3. The Morgan fingerprint density at radius 1 is 1.36 bits per heavy atom. The van der Waals surface area contributed by atoms with Gasteiger partial charge in [0.25, 0.3) is 0 Å². The first-order chi connectivity index (χ1) is 11.8. The second-order valence-electron chi connectivity index (χ2n) is 5.26. The number of halogens is 3. The molecule has 2 aromatic rings. The van der Waals surface area contributed by atoms with Crippen molar-refractivity contribution in [2.24, 2.45) is 5.73 Å². The molecule has 0 aromatic carbocycles. The SMILES string of the molecule is N#Cc1ccc(C(F)(F)F)nc1O[C@@H](Cc1ccno1)C[C@H](N)CO. The molecule has 0 fully saturated rings. The van der Waals surface area contributed by atoms with Crippen molar-refractivity contribution in [3.63, 3.8) is 0 Å². The smallest absolute Gasteiger partial charge is 0.433 e. The number of aliphatic hydroxyl groups excluding tert-OH is 1. The van der Waals surface area contributed by atoms with Crippen molar-refractivity contribution < 1.29 is 27.5 Å². The van der Waals surface area contributed by atoms with Crippen molar-refractivity contribution in [3.05, 3.63) is 41.4 Å². The highest BCUT2D eigenvalue weighted by atomic mass is 19.4. The fraction of sp³-hybridized carbons (Fsp3) is 0.400. The van der Waals surface area contributed by atoms with Gasteiger partial charge in [-0.05, 0) is 12.1 Å². The number of nitriles is 1. The standard InChI is InChI=1S/C15H15F3N4O3/c16-15(17,18)13-2-1-9(7-19)14(22-13)24-12(5-10(20)8-23)6-11-3-4-21-25-11/h1-4,10,12,23H,5-6,8,20H2/t10-,12+/m0/s1. The van der Waals surface area contributed by atoms with E-state index in [0.717, 1.165) is 6.07 Å². The molecule has 0 aliphatic carbocycles. The van der Waals surface area contributed by atoms with E-state index in [1.54, 1.807) is 12.1 Å². The van der Waals surface area contributed by atoms with Crippen LogP contribution in [0.15, 0.2) is 28.9 Å². The third-order valence-corrected chi connectivity index (χ3v) is 3.27. The number of pyridine rings is 1. The van der Waals surface area contributed by atoms with Gasteiger partial charge in [0.1, 0.15) is 29.2 Å². The molecule has 2 heterocycles. The molecule has 0 radical (unpaired) electrons. The third kappa shape index (κ3) is 5.17. The lowest BCUT2D eigenvalue weighted by molar-refractivity contribution is -0.141. The van der Waals surface area contributed by atoms with E-state index >= 15 is 0 Å². The largest absolute Gasteiger partial charge is 0.473 e. The summed E-state index contributed by atoms with van der Waals surface area (Å²) in [5.74, 6) is -0.0346. The number of rotatable bonds is 7. The molecule has 2 atom stereocenters. The van der Waals surface area contributed by atoms with E-state index in [9.17, 15) is 13.2 Å². The van der Waals surface area contributed by atoms with Crippen LogP contribution >= 0.6 is 0 Å².